The number of likely N-dealkylation sites (tertiary alicyclic amines) is 1. The van der Waals surface area contributed by atoms with E-state index in [0.717, 1.165) is 80.2 Å². The zero-order chi connectivity index (χ0) is 22.9. The fourth-order valence-corrected chi connectivity index (χ4v) is 4.25. The van der Waals surface area contributed by atoms with Gasteiger partial charge in [-0.05, 0) is 44.6 Å². The molecule has 3 rings (SSSR count). The highest BCUT2D eigenvalue weighted by atomic mass is 127. The molecule has 9 heteroatoms. The normalized spacial score (nSPS) is 14.7. The van der Waals surface area contributed by atoms with Crippen molar-refractivity contribution in [1.29, 1.82) is 0 Å². The molecule has 184 valence electrons. The Morgan fingerprint density at radius 1 is 1.21 bits per heavy atom. The Bertz CT molecular complexity index is 922. The van der Waals surface area contributed by atoms with Gasteiger partial charge in [-0.2, -0.15) is 0 Å². The molecule has 1 amide bonds. The maximum absolute atomic E-state index is 11.6. The summed E-state index contributed by atoms with van der Waals surface area (Å²) in [5.41, 5.74) is 2.19. The van der Waals surface area contributed by atoms with E-state index in [0.29, 0.717) is 12.3 Å². The van der Waals surface area contributed by atoms with Crippen molar-refractivity contribution in [2.75, 3.05) is 47.4 Å². The van der Waals surface area contributed by atoms with Crippen molar-refractivity contribution < 1.29 is 14.3 Å². The molecule has 1 saturated heterocycles. The van der Waals surface area contributed by atoms with E-state index in [1.54, 1.807) is 21.3 Å². The molecule has 1 aromatic heterocycles. The highest BCUT2D eigenvalue weighted by molar-refractivity contribution is 14.0. The maximum Gasteiger partial charge on any atom is 0.220 e. The van der Waals surface area contributed by atoms with Gasteiger partial charge in [0.05, 0.1) is 19.7 Å². The number of nitrogens with zero attached hydrogens (tertiary/aromatic N) is 2. The lowest BCUT2D eigenvalue weighted by Gasteiger charge is -2.34. The summed E-state index contributed by atoms with van der Waals surface area (Å²) in [4.78, 5) is 22.3. The van der Waals surface area contributed by atoms with E-state index in [1.807, 2.05) is 12.1 Å². The third kappa shape index (κ3) is 7.41. The molecular weight excluding hydrogens is 533 g/mol. The number of H-pyrrole nitrogens is 1. The minimum absolute atomic E-state index is 0. The fourth-order valence-electron chi connectivity index (χ4n) is 4.25. The maximum atomic E-state index is 11.6. The van der Waals surface area contributed by atoms with Crippen molar-refractivity contribution in [3.05, 3.63) is 23.9 Å². The second kappa shape index (κ2) is 13.5. The number of carbonyl (C=O) groups excluding carboxylic acids is 1. The summed E-state index contributed by atoms with van der Waals surface area (Å²) in [5.74, 6) is 3.17. The van der Waals surface area contributed by atoms with Crippen molar-refractivity contribution >= 4 is 46.7 Å². The van der Waals surface area contributed by atoms with Gasteiger partial charge in [0.15, 0.2) is 5.96 Å². The minimum atomic E-state index is 0. The number of hydrogen-bond donors (Lipinski definition) is 3. The van der Waals surface area contributed by atoms with Crippen LogP contribution in [0, 0.1) is 5.92 Å². The molecule has 0 spiro atoms. The van der Waals surface area contributed by atoms with Crippen molar-refractivity contribution in [3.63, 3.8) is 0 Å². The van der Waals surface area contributed by atoms with Crippen LogP contribution in [0.1, 0.15) is 38.3 Å². The van der Waals surface area contributed by atoms with E-state index >= 15 is 0 Å². The zero-order valence-corrected chi connectivity index (χ0v) is 22.5. The summed E-state index contributed by atoms with van der Waals surface area (Å²) in [7, 11) is 5.05. The van der Waals surface area contributed by atoms with E-state index in [2.05, 4.69) is 33.5 Å². The first-order chi connectivity index (χ1) is 15.6. The van der Waals surface area contributed by atoms with Gasteiger partial charge in [0.2, 0.25) is 5.91 Å². The number of aryl methyl sites for hydroxylation is 1. The van der Waals surface area contributed by atoms with Crippen molar-refractivity contribution in [2.24, 2.45) is 10.9 Å². The van der Waals surface area contributed by atoms with Gasteiger partial charge in [-0.15, -0.1) is 24.0 Å². The number of aromatic amines is 1. The quantitative estimate of drug-likeness (QED) is 0.186. The van der Waals surface area contributed by atoms with E-state index in [9.17, 15) is 4.79 Å². The molecule has 8 nitrogen and oxygen atoms in total. The predicted octanol–water partition coefficient (Wildman–Crippen LogP) is 3.55. The lowest BCUT2D eigenvalue weighted by atomic mass is 9.93. The van der Waals surface area contributed by atoms with Crippen LogP contribution < -0.4 is 20.1 Å². The number of hydrogen-bond acceptors (Lipinski definition) is 4. The van der Waals surface area contributed by atoms with E-state index in [-0.39, 0.29) is 29.9 Å². The molecule has 33 heavy (non-hydrogen) atoms. The molecule has 2 aromatic rings. The van der Waals surface area contributed by atoms with Gasteiger partial charge in [-0.1, -0.05) is 0 Å². The van der Waals surface area contributed by atoms with E-state index < -0.39 is 0 Å². The number of benzene rings is 1. The molecule has 2 heterocycles. The Morgan fingerprint density at radius 2 is 1.97 bits per heavy atom. The summed E-state index contributed by atoms with van der Waals surface area (Å²) in [6.45, 7) is 5.59. The first kappa shape index (κ1) is 27.1. The van der Waals surface area contributed by atoms with Crippen molar-refractivity contribution in [3.8, 4) is 11.5 Å². The lowest BCUT2D eigenvalue weighted by Crippen LogP contribution is -2.46. The number of methoxy groups -OCH3 is 2. The van der Waals surface area contributed by atoms with Crippen LogP contribution in [0.4, 0.5) is 0 Å². The van der Waals surface area contributed by atoms with Crippen LogP contribution in [0.2, 0.25) is 0 Å². The highest BCUT2D eigenvalue weighted by Crippen LogP contribution is 2.31. The fraction of sp³-hybridized carbons (Fsp3) is 0.583. The molecule has 0 radical (unpaired) electrons. The summed E-state index contributed by atoms with van der Waals surface area (Å²) in [6.07, 6.45) is 4.54. The number of aromatic nitrogens is 1. The summed E-state index contributed by atoms with van der Waals surface area (Å²) < 4.78 is 10.9. The molecule has 1 aromatic carbocycles. The number of guanidine groups is 1. The largest absolute Gasteiger partial charge is 0.497 e. The van der Waals surface area contributed by atoms with Gasteiger partial charge in [-0.3, -0.25) is 9.79 Å². The minimum Gasteiger partial charge on any atom is -0.497 e. The molecule has 0 atom stereocenters. The molecule has 1 fully saturated rings. The second-order valence-electron chi connectivity index (χ2n) is 8.23. The third-order valence-corrected chi connectivity index (χ3v) is 6.05. The smallest absolute Gasteiger partial charge is 0.220 e. The van der Waals surface area contributed by atoms with Gasteiger partial charge in [0, 0.05) is 62.9 Å². The van der Waals surface area contributed by atoms with Gasteiger partial charge in [-0.25, -0.2) is 0 Å². The number of nitrogens with one attached hydrogen (secondary N) is 3. The molecule has 0 saturated carbocycles. The number of aliphatic imine (C=N–C) groups is 1. The molecule has 1 aliphatic rings. The Kier molecular flexibility index (Phi) is 11.1. The average molecular weight is 572 g/mol. The number of halogens is 1. The Balaban J connectivity index is 0.00000385. The number of carbonyl (C=O) groups is 1. The molecule has 0 unspecified atom stereocenters. The number of piperidine rings is 1. The number of rotatable bonds is 9. The predicted molar refractivity (Wildman–Crippen MR) is 144 cm³/mol. The van der Waals surface area contributed by atoms with Gasteiger partial charge < -0.3 is 30.0 Å². The third-order valence-electron chi connectivity index (χ3n) is 6.05. The first-order valence-corrected chi connectivity index (χ1v) is 11.5. The van der Waals surface area contributed by atoms with Crippen LogP contribution in [-0.2, 0) is 11.2 Å². The monoisotopic (exact) mass is 571 g/mol. The average Bonchev–Trinajstić information content (AvgIpc) is 3.23. The SMILES string of the molecule is CCNC(=NCCCc1cc2c(OC)cc(OC)cc2[nH]1)N1CCC(CC(=O)NC)CC1.I. The van der Waals surface area contributed by atoms with Crippen molar-refractivity contribution in [1.82, 2.24) is 20.5 Å². The molecule has 0 bridgehead atoms. The Labute approximate surface area is 213 Å². The van der Waals surface area contributed by atoms with Crippen LogP contribution in [0.15, 0.2) is 23.2 Å². The second-order valence-corrected chi connectivity index (χ2v) is 8.23. The highest BCUT2D eigenvalue weighted by Gasteiger charge is 2.23. The van der Waals surface area contributed by atoms with Gasteiger partial charge >= 0.3 is 0 Å². The van der Waals surface area contributed by atoms with E-state index in [4.69, 9.17) is 14.5 Å². The van der Waals surface area contributed by atoms with Gasteiger partial charge in [0.1, 0.15) is 11.5 Å². The zero-order valence-electron chi connectivity index (χ0n) is 20.2. The lowest BCUT2D eigenvalue weighted by molar-refractivity contribution is -0.121. The Morgan fingerprint density at radius 3 is 2.61 bits per heavy atom. The molecule has 1 aliphatic heterocycles. The Hall–Kier alpha value is -2.17. The van der Waals surface area contributed by atoms with Crippen LogP contribution in [0.25, 0.3) is 10.9 Å². The molecule has 0 aliphatic carbocycles. The van der Waals surface area contributed by atoms with Crippen LogP contribution in [0.3, 0.4) is 0 Å². The number of amides is 1. The van der Waals surface area contributed by atoms with Crippen LogP contribution >= 0.6 is 24.0 Å². The summed E-state index contributed by atoms with van der Waals surface area (Å²) in [6, 6.07) is 6.06. The molecule has 3 N–H and O–H groups in total. The molecular formula is C24H38IN5O3. The first-order valence-electron chi connectivity index (χ1n) is 11.5. The summed E-state index contributed by atoms with van der Waals surface area (Å²) in [5, 5.41) is 7.23. The van der Waals surface area contributed by atoms with Crippen LogP contribution in [-0.4, -0.2) is 69.2 Å². The summed E-state index contributed by atoms with van der Waals surface area (Å²) >= 11 is 0. The standard InChI is InChI=1S/C24H37N5O3.HI/c1-5-26-24(29-11-8-17(9-12-29)13-23(30)25-2)27-10-6-7-18-14-20-21(28-18)15-19(31-3)16-22(20)32-4;/h14-17,28H,5-13H2,1-4H3,(H,25,30)(H,26,27);1H. The van der Waals surface area contributed by atoms with Crippen molar-refractivity contribution in [2.45, 2.75) is 39.0 Å². The number of fused-ring (bicyclic) bond motifs is 1. The van der Waals surface area contributed by atoms with E-state index in [1.165, 1.54) is 5.69 Å². The van der Waals surface area contributed by atoms with Crippen LogP contribution in [0.5, 0.6) is 11.5 Å². The number of ether oxygens (including phenoxy) is 2. The topological polar surface area (TPSA) is 91.0 Å². The van der Waals surface area contributed by atoms with Gasteiger partial charge in [0.25, 0.3) is 0 Å².